The fourth-order valence-corrected chi connectivity index (χ4v) is 6.03. The molecule has 1 N–H and O–H groups in total. The number of hydrogen-bond acceptors (Lipinski definition) is 7. The molecule has 0 spiro atoms. The van der Waals surface area contributed by atoms with Crippen LogP contribution in [-0.4, -0.2) is 43.6 Å². The van der Waals surface area contributed by atoms with E-state index >= 15 is 0 Å². The smallest absolute Gasteiger partial charge is 0.261 e. The number of nitrogens with one attached hydrogen (secondary N) is 1. The van der Waals surface area contributed by atoms with E-state index in [2.05, 4.69) is 21.8 Å². The largest absolute Gasteiger partial charge is 0.497 e. The van der Waals surface area contributed by atoms with Crippen molar-refractivity contribution >= 4 is 44.5 Å². The third-order valence-corrected chi connectivity index (χ3v) is 8.59. The highest BCUT2D eigenvalue weighted by Gasteiger charge is 2.19. The van der Waals surface area contributed by atoms with Gasteiger partial charge in [0, 0.05) is 18.8 Å². The van der Waals surface area contributed by atoms with Gasteiger partial charge in [0.1, 0.15) is 11.3 Å². The number of thioether (sulfide) groups is 1. The Morgan fingerprint density at radius 2 is 1.61 bits per heavy atom. The molecule has 1 heterocycles. The van der Waals surface area contributed by atoms with Gasteiger partial charge in [-0.3, -0.25) is 9.52 Å². The van der Waals surface area contributed by atoms with Crippen molar-refractivity contribution in [3.05, 3.63) is 114 Å². The fraction of sp³-hybridized carbons (Fsp3) is 0.161. The minimum atomic E-state index is -3.85. The molecule has 0 atom stereocenters. The maximum Gasteiger partial charge on any atom is 0.261 e. The summed E-state index contributed by atoms with van der Waals surface area (Å²) >= 11 is 1.19. The van der Waals surface area contributed by atoms with Crippen molar-refractivity contribution in [1.29, 1.82) is 0 Å². The van der Waals surface area contributed by atoms with Crippen molar-refractivity contribution < 1.29 is 22.4 Å². The molecule has 0 fully saturated rings. The van der Waals surface area contributed by atoms with Gasteiger partial charge in [-0.05, 0) is 60.0 Å². The summed E-state index contributed by atoms with van der Waals surface area (Å²) in [6.45, 7) is 1.08. The van der Waals surface area contributed by atoms with Gasteiger partial charge in [0.05, 0.1) is 17.8 Å². The molecule has 0 radical (unpaired) electrons. The molecule has 8 nitrogen and oxygen atoms in total. The molecule has 0 saturated carbocycles. The summed E-state index contributed by atoms with van der Waals surface area (Å²) in [6.07, 6.45) is 0.745. The van der Waals surface area contributed by atoms with Gasteiger partial charge in [-0.25, -0.2) is 13.4 Å². The highest BCUT2D eigenvalue weighted by atomic mass is 32.2. The molecule has 0 bridgehead atoms. The normalized spacial score (nSPS) is 11.3. The number of fused-ring (bicyclic) bond motifs is 1. The quantitative estimate of drug-likeness (QED) is 0.179. The first kappa shape index (κ1) is 28.3. The number of sulfonamides is 1. The average molecular weight is 588 g/mol. The first-order valence-corrected chi connectivity index (χ1v) is 15.4. The van der Waals surface area contributed by atoms with Crippen LogP contribution in [0.4, 0.5) is 5.69 Å². The van der Waals surface area contributed by atoms with Crippen LogP contribution in [0, 0.1) is 0 Å². The number of oxazole rings is 1. The van der Waals surface area contributed by atoms with E-state index in [0.717, 1.165) is 17.5 Å². The Kier molecular flexibility index (Phi) is 8.91. The predicted molar refractivity (Wildman–Crippen MR) is 161 cm³/mol. The van der Waals surface area contributed by atoms with Gasteiger partial charge in [0.2, 0.25) is 5.91 Å². The number of carbonyl (C=O) groups excluding carboxylic acids is 1. The van der Waals surface area contributed by atoms with Gasteiger partial charge < -0.3 is 14.1 Å². The van der Waals surface area contributed by atoms with Crippen LogP contribution in [0.5, 0.6) is 5.75 Å². The number of methoxy groups -OCH3 is 1. The zero-order chi connectivity index (χ0) is 28.7. The van der Waals surface area contributed by atoms with E-state index in [0.29, 0.717) is 40.8 Å². The highest BCUT2D eigenvalue weighted by Crippen LogP contribution is 2.27. The maximum atomic E-state index is 13.3. The number of hydrogen-bond donors (Lipinski definition) is 1. The van der Waals surface area contributed by atoms with Crippen molar-refractivity contribution in [2.75, 3.05) is 24.1 Å². The van der Waals surface area contributed by atoms with E-state index in [4.69, 9.17) is 9.15 Å². The van der Waals surface area contributed by atoms with Crippen molar-refractivity contribution in [2.24, 2.45) is 0 Å². The molecule has 4 aromatic carbocycles. The number of benzene rings is 4. The van der Waals surface area contributed by atoms with Gasteiger partial charge in [-0.2, -0.15) is 0 Å². The van der Waals surface area contributed by atoms with Crippen LogP contribution in [0.15, 0.2) is 118 Å². The van der Waals surface area contributed by atoms with Crippen LogP contribution in [0.25, 0.3) is 11.1 Å². The molecule has 5 aromatic rings. The summed E-state index contributed by atoms with van der Waals surface area (Å²) in [5.41, 5.74) is 3.46. The topological polar surface area (TPSA) is 102 Å². The van der Waals surface area contributed by atoms with E-state index < -0.39 is 10.0 Å². The van der Waals surface area contributed by atoms with Crippen molar-refractivity contribution in [3.8, 4) is 5.75 Å². The number of amides is 1. The number of rotatable bonds is 12. The van der Waals surface area contributed by atoms with E-state index in [-0.39, 0.29) is 16.6 Å². The number of aromatic nitrogens is 1. The second kappa shape index (κ2) is 12.9. The van der Waals surface area contributed by atoms with Gasteiger partial charge in [0.25, 0.3) is 15.2 Å². The third kappa shape index (κ3) is 7.47. The first-order chi connectivity index (χ1) is 19.9. The number of ether oxygens (including phenoxy) is 1. The molecule has 41 heavy (non-hydrogen) atoms. The Balaban J connectivity index is 1.26. The summed E-state index contributed by atoms with van der Waals surface area (Å²) in [6, 6.07) is 31.0. The summed E-state index contributed by atoms with van der Waals surface area (Å²) in [4.78, 5) is 19.6. The van der Waals surface area contributed by atoms with E-state index in [1.165, 1.54) is 23.9 Å². The summed E-state index contributed by atoms with van der Waals surface area (Å²) in [7, 11) is -2.31. The Labute approximate surface area is 243 Å². The lowest BCUT2D eigenvalue weighted by Crippen LogP contribution is -2.33. The molecular formula is C31H29N3O5S2. The minimum Gasteiger partial charge on any atom is -0.497 e. The van der Waals surface area contributed by atoms with Crippen LogP contribution < -0.4 is 9.46 Å². The fourth-order valence-electron chi connectivity index (χ4n) is 4.21. The monoisotopic (exact) mass is 587 g/mol. The Morgan fingerprint density at radius 1 is 0.927 bits per heavy atom. The predicted octanol–water partition coefficient (Wildman–Crippen LogP) is 6.00. The van der Waals surface area contributed by atoms with Crippen LogP contribution in [0.2, 0.25) is 0 Å². The molecule has 5 rings (SSSR count). The average Bonchev–Trinajstić information content (AvgIpc) is 3.42. The van der Waals surface area contributed by atoms with Gasteiger partial charge in [-0.1, -0.05) is 72.4 Å². The van der Waals surface area contributed by atoms with E-state index in [1.54, 1.807) is 37.4 Å². The third-order valence-electron chi connectivity index (χ3n) is 6.39. The zero-order valence-electron chi connectivity index (χ0n) is 22.4. The molecule has 1 amide bonds. The molecule has 1 aromatic heterocycles. The lowest BCUT2D eigenvalue weighted by molar-refractivity contribution is -0.128. The van der Waals surface area contributed by atoms with Crippen LogP contribution in [0.1, 0.15) is 11.1 Å². The summed E-state index contributed by atoms with van der Waals surface area (Å²) in [5.74, 6) is 0.724. The van der Waals surface area contributed by atoms with Crippen LogP contribution in [-0.2, 0) is 27.8 Å². The number of carbonyl (C=O) groups is 1. The molecule has 10 heteroatoms. The molecule has 0 aliphatic heterocycles. The molecule has 0 aliphatic carbocycles. The van der Waals surface area contributed by atoms with Crippen LogP contribution in [0.3, 0.4) is 0 Å². The van der Waals surface area contributed by atoms with Gasteiger partial charge in [-0.15, -0.1) is 0 Å². The molecule has 0 unspecified atom stereocenters. The Morgan fingerprint density at radius 3 is 2.29 bits per heavy atom. The lowest BCUT2D eigenvalue weighted by atomic mass is 10.1. The maximum absolute atomic E-state index is 13.3. The Hall–Kier alpha value is -4.28. The first-order valence-electron chi connectivity index (χ1n) is 13.0. The van der Waals surface area contributed by atoms with Crippen molar-refractivity contribution in [2.45, 2.75) is 23.1 Å². The second-order valence-electron chi connectivity index (χ2n) is 9.27. The minimum absolute atomic E-state index is 0.0380. The van der Waals surface area contributed by atoms with E-state index in [9.17, 15) is 13.2 Å². The number of nitrogens with zero attached hydrogens (tertiary/aromatic N) is 2. The molecule has 210 valence electrons. The Bertz CT molecular complexity index is 1710. The zero-order valence-corrected chi connectivity index (χ0v) is 24.0. The lowest BCUT2D eigenvalue weighted by Gasteiger charge is -2.22. The van der Waals surface area contributed by atoms with Gasteiger partial charge >= 0.3 is 0 Å². The highest BCUT2D eigenvalue weighted by molar-refractivity contribution is 7.99. The molecule has 0 saturated heterocycles. The SMILES string of the molecule is COc1ccc(NS(=O)(=O)c2ccc3oc(SCC(=O)N(CCc4ccccc4)Cc4ccccc4)nc3c2)cc1. The number of anilines is 1. The molecular weight excluding hydrogens is 558 g/mol. The van der Waals surface area contributed by atoms with Gasteiger partial charge in [0.15, 0.2) is 5.58 Å². The van der Waals surface area contributed by atoms with Crippen LogP contribution >= 0.6 is 11.8 Å². The second-order valence-corrected chi connectivity index (χ2v) is 11.9. The van der Waals surface area contributed by atoms with Crippen molar-refractivity contribution in [1.82, 2.24) is 9.88 Å². The summed E-state index contributed by atoms with van der Waals surface area (Å²) in [5, 5.41) is 0.300. The summed E-state index contributed by atoms with van der Waals surface area (Å²) < 4.78 is 39.4. The van der Waals surface area contributed by atoms with E-state index in [1.807, 2.05) is 53.4 Å². The molecule has 0 aliphatic rings. The van der Waals surface area contributed by atoms with Crippen molar-refractivity contribution in [3.63, 3.8) is 0 Å². The standard InChI is InChI=1S/C31H29N3O5S2/c1-38-26-14-12-25(13-15-26)33-41(36,37)27-16-17-29-28(20-27)32-31(39-29)40-22-30(35)34(21-24-10-6-3-7-11-24)19-18-23-8-4-2-5-9-23/h2-17,20,33H,18-19,21-22H2,1H3.